The molecule has 0 aliphatic carbocycles. The van der Waals surface area contributed by atoms with Crippen molar-refractivity contribution in [3.05, 3.63) is 46.3 Å². The van der Waals surface area contributed by atoms with Crippen molar-refractivity contribution >= 4 is 38.4 Å². The Morgan fingerprint density at radius 3 is 1.88 bits per heavy atom. The first-order chi connectivity index (χ1) is 14.4. The molecule has 0 amide bonds. The average Bonchev–Trinajstić information content (AvgIpc) is 2.61. The van der Waals surface area contributed by atoms with Crippen molar-refractivity contribution in [3.8, 4) is 11.5 Å². The molecule has 6 heteroatoms. The topological polar surface area (TPSA) is 48.7 Å². The van der Waals surface area contributed by atoms with Gasteiger partial charge in [-0.05, 0) is 73.0 Å². The summed E-state index contributed by atoms with van der Waals surface area (Å²) in [5.41, 5.74) is 1.24. The number of aryl methyl sites for hydroxylation is 1. The molecule has 0 aliphatic rings. The van der Waals surface area contributed by atoms with E-state index in [-0.39, 0.29) is 15.7 Å². The monoisotopic (exact) mass is 470 g/mol. The van der Waals surface area contributed by atoms with Gasteiger partial charge in [-0.25, -0.2) is 4.79 Å². The summed E-state index contributed by atoms with van der Waals surface area (Å²) in [4.78, 5) is 12.9. The molecular weight excluding hydrogens is 432 g/mol. The quantitative estimate of drug-likeness (QED) is 0.220. The van der Waals surface area contributed by atoms with Crippen LogP contribution in [0.2, 0.25) is 36.3 Å². The molecule has 3 aromatic rings. The Hall–Kier alpha value is -2.06. The van der Waals surface area contributed by atoms with E-state index in [4.69, 9.17) is 13.3 Å². The Balaban J connectivity index is 2.11. The van der Waals surface area contributed by atoms with Crippen LogP contribution in [0.5, 0.6) is 11.5 Å². The lowest BCUT2D eigenvalue weighted by atomic mass is 10.0. The van der Waals surface area contributed by atoms with Crippen LogP contribution in [0.15, 0.2) is 39.5 Å². The van der Waals surface area contributed by atoms with Gasteiger partial charge in [0, 0.05) is 16.8 Å². The molecule has 0 radical (unpaired) electrons. The molecule has 0 fully saturated rings. The molecule has 0 N–H and O–H groups in total. The number of rotatable bonds is 4. The number of hydrogen-bond donors (Lipinski definition) is 0. The zero-order valence-electron chi connectivity index (χ0n) is 21.5. The molecule has 0 aliphatic heterocycles. The summed E-state index contributed by atoms with van der Waals surface area (Å²) in [5, 5.41) is 2.50. The van der Waals surface area contributed by atoms with E-state index in [0.717, 1.165) is 27.8 Å². The third-order valence-corrected chi connectivity index (χ3v) is 16.0. The maximum Gasteiger partial charge on any atom is 0.344 e. The molecule has 4 nitrogen and oxygen atoms in total. The Labute approximate surface area is 194 Å². The molecule has 2 aromatic carbocycles. The Kier molecular flexibility index (Phi) is 5.97. The summed E-state index contributed by atoms with van der Waals surface area (Å²) < 4.78 is 18.7. The lowest BCUT2D eigenvalue weighted by molar-refractivity contribution is 0.487. The van der Waals surface area contributed by atoms with Gasteiger partial charge < -0.3 is 13.3 Å². The fourth-order valence-corrected chi connectivity index (χ4v) is 5.19. The predicted molar refractivity (Wildman–Crippen MR) is 140 cm³/mol. The molecule has 32 heavy (non-hydrogen) atoms. The first-order valence-corrected chi connectivity index (χ1v) is 17.1. The minimum atomic E-state index is -2.01. The van der Waals surface area contributed by atoms with Gasteiger partial charge in [-0.2, -0.15) is 0 Å². The van der Waals surface area contributed by atoms with Gasteiger partial charge in [-0.3, -0.25) is 0 Å². The van der Waals surface area contributed by atoms with Crippen LogP contribution in [0.25, 0.3) is 21.7 Å². The van der Waals surface area contributed by atoms with Crippen molar-refractivity contribution in [3.63, 3.8) is 0 Å². The SMILES string of the molecule is Cc1cc2c(cc1O[Si](C)(C)C(C)(C)C)oc(=O)c1cc(O[Si](C)(C)C(C)(C)C)ccc12. The second-order valence-electron chi connectivity index (χ2n) is 11.9. The smallest absolute Gasteiger partial charge is 0.344 e. The first kappa shape index (κ1) is 24.6. The van der Waals surface area contributed by atoms with Gasteiger partial charge in [-0.15, -0.1) is 0 Å². The minimum absolute atomic E-state index is 0.0771. The van der Waals surface area contributed by atoms with Crippen LogP contribution in [0.4, 0.5) is 0 Å². The predicted octanol–water partition coefficient (Wildman–Crippen LogP) is 8.02. The second-order valence-corrected chi connectivity index (χ2v) is 21.4. The standard InChI is InChI=1S/C26H38O4Si2/c1-17-14-20-19-13-12-18(29-31(8,9)25(2,3)4)15-21(19)24(27)28-23(20)16-22(17)30-32(10,11)26(5,6)7/h12-16H,1-11H3. The van der Waals surface area contributed by atoms with E-state index >= 15 is 0 Å². The summed E-state index contributed by atoms with van der Waals surface area (Å²) in [6.07, 6.45) is 0. The molecular formula is C26H38O4Si2. The molecule has 0 saturated heterocycles. The third-order valence-electron chi connectivity index (χ3n) is 7.33. The molecule has 0 unspecified atom stereocenters. The van der Waals surface area contributed by atoms with Crippen molar-refractivity contribution in [2.45, 2.75) is 84.7 Å². The van der Waals surface area contributed by atoms with E-state index in [1.54, 1.807) is 0 Å². The molecule has 3 rings (SSSR count). The summed E-state index contributed by atoms with van der Waals surface area (Å²) >= 11 is 0. The zero-order chi connectivity index (χ0) is 24.3. The second kappa shape index (κ2) is 7.77. The van der Waals surface area contributed by atoms with E-state index in [1.807, 2.05) is 31.2 Å². The summed E-state index contributed by atoms with van der Waals surface area (Å²) in [6, 6.07) is 9.72. The molecule has 0 saturated carbocycles. The number of fused-ring (bicyclic) bond motifs is 3. The van der Waals surface area contributed by atoms with E-state index in [2.05, 4.69) is 73.8 Å². The van der Waals surface area contributed by atoms with Gasteiger partial charge >= 0.3 is 5.63 Å². The normalized spacial score (nSPS) is 13.6. The van der Waals surface area contributed by atoms with E-state index in [1.165, 1.54) is 0 Å². The van der Waals surface area contributed by atoms with Crippen LogP contribution in [0, 0.1) is 6.92 Å². The Morgan fingerprint density at radius 1 is 0.750 bits per heavy atom. The van der Waals surface area contributed by atoms with Crippen LogP contribution in [-0.4, -0.2) is 16.6 Å². The van der Waals surface area contributed by atoms with Crippen molar-refractivity contribution in [1.29, 1.82) is 0 Å². The van der Waals surface area contributed by atoms with Crippen LogP contribution in [-0.2, 0) is 0 Å². The largest absolute Gasteiger partial charge is 0.543 e. The van der Waals surface area contributed by atoms with Gasteiger partial charge in [0.2, 0.25) is 16.6 Å². The zero-order valence-corrected chi connectivity index (χ0v) is 23.5. The highest BCUT2D eigenvalue weighted by Gasteiger charge is 2.40. The van der Waals surface area contributed by atoms with Crippen molar-refractivity contribution in [2.24, 2.45) is 0 Å². The number of benzene rings is 2. The Morgan fingerprint density at radius 2 is 1.31 bits per heavy atom. The van der Waals surface area contributed by atoms with Gasteiger partial charge in [-0.1, -0.05) is 41.5 Å². The van der Waals surface area contributed by atoms with E-state index < -0.39 is 16.6 Å². The summed E-state index contributed by atoms with van der Waals surface area (Å²) in [6.45, 7) is 24.1. The number of hydrogen-bond acceptors (Lipinski definition) is 4. The molecule has 0 bridgehead atoms. The maximum absolute atomic E-state index is 12.9. The van der Waals surface area contributed by atoms with Gasteiger partial charge in [0.25, 0.3) is 0 Å². The van der Waals surface area contributed by atoms with Crippen LogP contribution < -0.4 is 14.5 Å². The highest BCUT2D eigenvalue weighted by molar-refractivity contribution is 6.75. The van der Waals surface area contributed by atoms with Crippen molar-refractivity contribution in [1.82, 2.24) is 0 Å². The summed E-state index contributed by atoms with van der Waals surface area (Å²) in [5.74, 6) is 1.52. The molecule has 0 spiro atoms. The highest BCUT2D eigenvalue weighted by Crippen LogP contribution is 2.40. The van der Waals surface area contributed by atoms with Gasteiger partial charge in [0.1, 0.15) is 17.1 Å². The average molecular weight is 471 g/mol. The fraction of sp³-hybridized carbons (Fsp3) is 0.500. The molecule has 1 heterocycles. The molecule has 174 valence electrons. The molecule has 0 atom stereocenters. The van der Waals surface area contributed by atoms with Crippen molar-refractivity contribution in [2.75, 3.05) is 0 Å². The van der Waals surface area contributed by atoms with E-state index in [0.29, 0.717) is 11.0 Å². The van der Waals surface area contributed by atoms with Gasteiger partial charge in [0.05, 0.1) is 5.39 Å². The minimum Gasteiger partial charge on any atom is -0.543 e. The highest BCUT2D eigenvalue weighted by atomic mass is 28.4. The molecule has 1 aromatic heterocycles. The lowest BCUT2D eigenvalue weighted by Gasteiger charge is -2.37. The van der Waals surface area contributed by atoms with Gasteiger partial charge in [0.15, 0.2) is 0 Å². The first-order valence-electron chi connectivity index (χ1n) is 11.3. The van der Waals surface area contributed by atoms with E-state index in [9.17, 15) is 4.79 Å². The Bertz CT molecular complexity index is 1230. The lowest BCUT2D eigenvalue weighted by Crippen LogP contribution is -2.44. The summed E-state index contributed by atoms with van der Waals surface area (Å²) in [7, 11) is -4.01. The third kappa shape index (κ3) is 4.53. The van der Waals surface area contributed by atoms with Crippen LogP contribution in [0.3, 0.4) is 0 Å². The van der Waals surface area contributed by atoms with Crippen LogP contribution in [0.1, 0.15) is 47.1 Å². The maximum atomic E-state index is 12.9. The van der Waals surface area contributed by atoms with Crippen LogP contribution >= 0.6 is 0 Å². The fourth-order valence-electron chi connectivity index (χ4n) is 3.10. The van der Waals surface area contributed by atoms with Crippen molar-refractivity contribution < 1.29 is 13.3 Å².